The number of hydrogen-bond acceptors (Lipinski definition) is 3. The molecule has 2 N–H and O–H groups in total. The van der Waals surface area contributed by atoms with Crippen molar-refractivity contribution < 1.29 is 0 Å². The van der Waals surface area contributed by atoms with E-state index in [2.05, 4.69) is 50.8 Å². The van der Waals surface area contributed by atoms with E-state index in [9.17, 15) is 0 Å². The molecule has 2 aromatic heterocycles. The van der Waals surface area contributed by atoms with Gasteiger partial charge < -0.3 is 5.32 Å². The molecule has 0 radical (unpaired) electrons. The average molecular weight is 262 g/mol. The van der Waals surface area contributed by atoms with Crippen molar-refractivity contribution in [3.05, 3.63) is 54.4 Å². The second-order valence-corrected chi connectivity index (χ2v) is 4.93. The highest BCUT2D eigenvalue weighted by atomic mass is 15.1. The molecule has 4 heteroatoms. The molecule has 0 saturated heterocycles. The van der Waals surface area contributed by atoms with E-state index in [1.165, 1.54) is 16.7 Å². The van der Waals surface area contributed by atoms with Crippen LogP contribution in [-0.4, -0.2) is 28.3 Å². The Hall–Kier alpha value is -2.46. The van der Waals surface area contributed by atoms with Crippen molar-refractivity contribution >= 4 is 16.6 Å². The van der Waals surface area contributed by atoms with Crippen molar-refractivity contribution in [1.29, 1.82) is 0 Å². The highest BCUT2D eigenvalue weighted by Gasteiger charge is 2.10. The van der Waals surface area contributed by atoms with Crippen molar-refractivity contribution in [3.8, 4) is 11.1 Å². The van der Waals surface area contributed by atoms with Gasteiger partial charge in [0.15, 0.2) is 5.65 Å². The number of nitrogens with one attached hydrogen (secondary N) is 2. The Kier molecular flexibility index (Phi) is 2.60. The smallest absolute Gasteiger partial charge is 0.155 e. The summed E-state index contributed by atoms with van der Waals surface area (Å²) in [5.74, 6) is 0. The SMILES string of the molecule is C1=C(c2cccc(-c3ccnc4[nH]ncc34)c2)CNC1. The Morgan fingerprint density at radius 2 is 2.05 bits per heavy atom. The molecule has 4 rings (SSSR count). The number of fused-ring (bicyclic) bond motifs is 1. The molecular weight excluding hydrogens is 248 g/mol. The Labute approximate surface area is 116 Å². The number of aromatic nitrogens is 3. The van der Waals surface area contributed by atoms with Gasteiger partial charge in [0.2, 0.25) is 0 Å². The van der Waals surface area contributed by atoms with Crippen LogP contribution in [0, 0.1) is 0 Å². The molecule has 0 amide bonds. The first kappa shape index (κ1) is 11.4. The zero-order chi connectivity index (χ0) is 13.4. The highest BCUT2D eigenvalue weighted by molar-refractivity contribution is 5.92. The Morgan fingerprint density at radius 3 is 2.95 bits per heavy atom. The molecule has 3 aromatic rings. The third kappa shape index (κ3) is 1.82. The number of pyridine rings is 1. The minimum atomic E-state index is 0.828. The van der Waals surface area contributed by atoms with Crippen LogP contribution in [0.2, 0.25) is 0 Å². The van der Waals surface area contributed by atoms with Crippen LogP contribution in [0.1, 0.15) is 5.56 Å². The van der Waals surface area contributed by atoms with Gasteiger partial charge in [-0.3, -0.25) is 5.10 Å². The number of nitrogens with zero attached hydrogens (tertiary/aromatic N) is 2. The molecule has 1 aromatic carbocycles. The Morgan fingerprint density at radius 1 is 1.10 bits per heavy atom. The summed E-state index contributed by atoms with van der Waals surface area (Å²) in [6, 6.07) is 10.7. The molecule has 98 valence electrons. The van der Waals surface area contributed by atoms with Gasteiger partial charge in [0.1, 0.15) is 0 Å². The van der Waals surface area contributed by atoms with E-state index in [-0.39, 0.29) is 0 Å². The van der Waals surface area contributed by atoms with Crippen molar-refractivity contribution in [2.45, 2.75) is 0 Å². The van der Waals surface area contributed by atoms with E-state index in [0.717, 1.165) is 29.7 Å². The van der Waals surface area contributed by atoms with E-state index in [4.69, 9.17) is 0 Å². The maximum Gasteiger partial charge on any atom is 0.155 e. The summed E-state index contributed by atoms with van der Waals surface area (Å²) in [5, 5.41) is 11.4. The predicted molar refractivity (Wildman–Crippen MR) is 80.2 cm³/mol. The molecule has 0 atom stereocenters. The lowest BCUT2D eigenvalue weighted by atomic mass is 9.98. The van der Waals surface area contributed by atoms with Crippen molar-refractivity contribution in [3.63, 3.8) is 0 Å². The van der Waals surface area contributed by atoms with Crippen LogP contribution in [0.5, 0.6) is 0 Å². The number of aromatic amines is 1. The van der Waals surface area contributed by atoms with Gasteiger partial charge in [0, 0.05) is 24.7 Å². The van der Waals surface area contributed by atoms with Crippen LogP contribution in [0.15, 0.2) is 48.8 Å². The van der Waals surface area contributed by atoms with Crippen LogP contribution in [0.4, 0.5) is 0 Å². The number of hydrogen-bond donors (Lipinski definition) is 2. The Balaban J connectivity index is 1.86. The third-order valence-electron chi connectivity index (χ3n) is 3.71. The maximum absolute atomic E-state index is 4.29. The second-order valence-electron chi connectivity index (χ2n) is 4.93. The quantitative estimate of drug-likeness (QED) is 0.746. The van der Waals surface area contributed by atoms with Crippen molar-refractivity contribution in [2.75, 3.05) is 13.1 Å². The normalized spacial score (nSPS) is 14.7. The first-order chi connectivity index (χ1) is 9.92. The number of H-pyrrole nitrogens is 1. The summed E-state index contributed by atoms with van der Waals surface area (Å²) in [6.07, 6.45) is 5.90. The lowest BCUT2D eigenvalue weighted by Crippen LogP contribution is -2.07. The summed E-state index contributed by atoms with van der Waals surface area (Å²) < 4.78 is 0. The van der Waals surface area contributed by atoms with Gasteiger partial charge in [-0.2, -0.15) is 5.10 Å². The van der Waals surface area contributed by atoms with Crippen molar-refractivity contribution in [2.24, 2.45) is 0 Å². The summed E-state index contributed by atoms with van der Waals surface area (Å²) in [4.78, 5) is 4.29. The minimum Gasteiger partial charge on any atom is -0.309 e. The van der Waals surface area contributed by atoms with Crippen LogP contribution < -0.4 is 5.32 Å². The van der Waals surface area contributed by atoms with Gasteiger partial charge in [-0.25, -0.2) is 4.98 Å². The average Bonchev–Trinajstić information content (AvgIpc) is 3.18. The fourth-order valence-electron chi connectivity index (χ4n) is 2.68. The van der Waals surface area contributed by atoms with Gasteiger partial charge in [-0.05, 0) is 34.4 Å². The summed E-state index contributed by atoms with van der Waals surface area (Å²) in [5.41, 5.74) is 5.83. The first-order valence-electron chi connectivity index (χ1n) is 6.70. The van der Waals surface area contributed by atoms with E-state index < -0.39 is 0 Å². The van der Waals surface area contributed by atoms with E-state index in [1.54, 1.807) is 0 Å². The molecule has 0 saturated carbocycles. The standard InChI is InChI=1S/C16H14N4/c1-2-11(13-4-6-17-9-13)8-12(3-1)14-5-7-18-16-15(14)10-19-20-16/h1-5,7-8,10,17H,6,9H2,(H,18,19,20). The molecule has 1 aliphatic rings. The van der Waals surface area contributed by atoms with Gasteiger partial charge in [0.25, 0.3) is 0 Å². The number of rotatable bonds is 2. The molecule has 3 heterocycles. The third-order valence-corrected chi connectivity index (χ3v) is 3.71. The fraction of sp³-hybridized carbons (Fsp3) is 0.125. The molecular formula is C16H14N4. The van der Waals surface area contributed by atoms with Gasteiger partial charge >= 0.3 is 0 Å². The highest BCUT2D eigenvalue weighted by Crippen LogP contribution is 2.28. The van der Waals surface area contributed by atoms with Crippen LogP contribution >= 0.6 is 0 Å². The molecule has 4 nitrogen and oxygen atoms in total. The van der Waals surface area contributed by atoms with Gasteiger partial charge in [-0.1, -0.05) is 24.3 Å². The molecule has 0 aliphatic carbocycles. The molecule has 0 fully saturated rings. The lowest BCUT2D eigenvalue weighted by Gasteiger charge is -2.07. The maximum atomic E-state index is 4.29. The summed E-state index contributed by atoms with van der Waals surface area (Å²) in [7, 11) is 0. The second kappa shape index (κ2) is 4.58. The first-order valence-corrected chi connectivity index (χ1v) is 6.70. The van der Waals surface area contributed by atoms with Gasteiger partial charge in [-0.15, -0.1) is 0 Å². The monoisotopic (exact) mass is 262 g/mol. The molecule has 20 heavy (non-hydrogen) atoms. The summed E-state index contributed by atoms with van der Waals surface area (Å²) in [6.45, 7) is 1.90. The molecule has 1 aliphatic heterocycles. The minimum absolute atomic E-state index is 0.828. The molecule has 0 bridgehead atoms. The largest absolute Gasteiger partial charge is 0.309 e. The zero-order valence-electron chi connectivity index (χ0n) is 10.9. The van der Waals surface area contributed by atoms with Gasteiger partial charge in [0.05, 0.1) is 6.20 Å². The Bertz CT molecular complexity index is 801. The van der Waals surface area contributed by atoms with Crippen LogP contribution in [0.25, 0.3) is 27.7 Å². The van der Waals surface area contributed by atoms with Crippen LogP contribution in [-0.2, 0) is 0 Å². The van der Waals surface area contributed by atoms with Crippen molar-refractivity contribution in [1.82, 2.24) is 20.5 Å². The van der Waals surface area contributed by atoms with E-state index >= 15 is 0 Å². The van der Waals surface area contributed by atoms with E-state index in [1.807, 2.05) is 18.5 Å². The topological polar surface area (TPSA) is 53.6 Å². The predicted octanol–water partition coefficient (Wildman–Crippen LogP) is 2.61. The summed E-state index contributed by atoms with van der Waals surface area (Å²) >= 11 is 0. The zero-order valence-corrected chi connectivity index (χ0v) is 10.9. The molecule has 0 spiro atoms. The lowest BCUT2D eigenvalue weighted by molar-refractivity contribution is 0.897. The fourth-order valence-corrected chi connectivity index (χ4v) is 2.68. The van der Waals surface area contributed by atoms with Crippen LogP contribution in [0.3, 0.4) is 0 Å². The molecule has 0 unspecified atom stereocenters. The van der Waals surface area contributed by atoms with E-state index in [0.29, 0.717) is 0 Å². The number of benzene rings is 1.